The third kappa shape index (κ3) is 5.00. The number of hydrogen-bond acceptors (Lipinski definition) is 5. The smallest absolute Gasteiger partial charge is 0.313 e. The van der Waals surface area contributed by atoms with Gasteiger partial charge in [0.1, 0.15) is 5.57 Å². The number of nitrogens with zero attached hydrogens (tertiary/aromatic N) is 2. The van der Waals surface area contributed by atoms with Crippen LogP contribution in [-0.4, -0.2) is 27.4 Å². The van der Waals surface area contributed by atoms with Crippen molar-refractivity contribution in [1.29, 1.82) is 0 Å². The van der Waals surface area contributed by atoms with E-state index < -0.39 is 29.1 Å². The first kappa shape index (κ1) is 27.1. The topological polar surface area (TPSA) is 121 Å². The number of barbiturate groups is 1. The zero-order chi connectivity index (χ0) is 30.1. The Kier molecular flexibility index (Phi) is 6.97. The molecule has 1 fully saturated rings. The average Bonchev–Trinajstić information content (AvgIpc) is 3.00. The van der Waals surface area contributed by atoms with Crippen molar-refractivity contribution in [2.75, 3.05) is 4.90 Å². The van der Waals surface area contributed by atoms with Gasteiger partial charge in [0.2, 0.25) is 0 Å². The van der Waals surface area contributed by atoms with Crippen LogP contribution in [0.1, 0.15) is 12.5 Å². The molecule has 0 bridgehead atoms. The SMILES string of the molecule is CC(C=Cc1c[nH]c(=O)n(-c2cccc3ccccc23)c1=O)=CC=C1C(=O)NC(=O)N(c2cccc3ccccc23)C1=O. The average molecular weight is 569 g/mol. The summed E-state index contributed by atoms with van der Waals surface area (Å²) >= 11 is 0. The molecule has 0 radical (unpaired) electrons. The minimum atomic E-state index is -0.829. The first-order valence-electron chi connectivity index (χ1n) is 13.4. The largest absolute Gasteiger partial charge is 0.335 e. The van der Waals surface area contributed by atoms with E-state index in [1.54, 1.807) is 55.5 Å². The molecule has 5 aromatic rings. The number of fused-ring (bicyclic) bond motifs is 2. The normalized spacial score (nSPS) is 15.2. The van der Waals surface area contributed by atoms with Crippen LogP contribution in [0.2, 0.25) is 0 Å². The lowest BCUT2D eigenvalue weighted by molar-refractivity contribution is -0.122. The van der Waals surface area contributed by atoms with E-state index in [4.69, 9.17) is 0 Å². The minimum Gasteiger partial charge on any atom is -0.313 e. The van der Waals surface area contributed by atoms with E-state index in [9.17, 15) is 24.0 Å². The quantitative estimate of drug-likeness (QED) is 0.176. The summed E-state index contributed by atoms with van der Waals surface area (Å²) in [7, 11) is 0. The highest BCUT2D eigenvalue weighted by atomic mass is 16.2. The lowest BCUT2D eigenvalue weighted by atomic mass is 10.1. The Morgan fingerprint density at radius 1 is 0.744 bits per heavy atom. The van der Waals surface area contributed by atoms with Crippen LogP contribution in [0, 0.1) is 0 Å². The van der Waals surface area contributed by atoms with E-state index in [2.05, 4.69) is 10.3 Å². The third-order valence-corrected chi connectivity index (χ3v) is 7.16. The Morgan fingerprint density at radius 3 is 2.05 bits per heavy atom. The van der Waals surface area contributed by atoms with E-state index in [1.165, 1.54) is 18.3 Å². The van der Waals surface area contributed by atoms with E-state index in [-0.39, 0.29) is 11.1 Å². The maximum Gasteiger partial charge on any atom is 0.335 e. The van der Waals surface area contributed by atoms with E-state index >= 15 is 0 Å². The number of carbonyl (C=O) groups excluding carboxylic acids is 3. The molecule has 9 heteroatoms. The molecule has 4 aromatic carbocycles. The second-order valence-corrected chi connectivity index (χ2v) is 9.91. The Hall–Kier alpha value is -6.09. The summed E-state index contributed by atoms with van der Waals surface area (Å²) in [5.41, 5.74) is 0.360. The number of allylic oxidation sites excluding steroid dienone is 4. The molecule has 43 heavy (non-hydrogen) atoms. The Morgan fingerprint density at radius 2 is 1.35 bits per heavy atom. The van der Waals surface area contributed by atoms with Crippen molar-refractivity contribution in [3.05, 3.63) is 147 Å². The fourth-order valence-corrected chi connectivity index (χ4v) is 5.02. The van der Waals surface area contributed by atoms with Crippen LogP contribution in [0.25, 0.3) is 33.3 Å². The van der Waals surface area contributed by atoms with Gasteiger partial charge in [-0.2, -0.15) is 0 Å². The minimum absolute atomic E-state index is 0.220. The molecule has 1 aromatic heterocycles. The van der Waals surface area contributed by atoms with Crippen LogP contribution >= 0.6 is 0 Å². The van der Waals surface area contributed by atoms with Crippen LogP contribution in [0.3, 0.4) is 0 Å². The predicted octanol–water partition coefficient (Wildman–Crippen LogP) is 5.00. The predicted molar refractivity (Wildman–Crippen MR) is 166 cm³/mol. The number of carbonyl (C=O) groups is 3. The van der Waals surface area contributed by atoms with Gasteiger partial charge in [-0.1, -0.05) is 90.5 Å². The number of aromatic nitrogens is 2. The monoisotopic (exact) mass is 568 g/mol. The van der Waals surface area contributed by atoms with Gasteiger partial charge in [0.05, 0.1) is 16.9 Å². The number of hydrogen-bond donors (Lipinski definition) is 2. The summed E-state index contributed by atoms with van der Waals surface area (Å²) in [4.78, 5) is 68.3. The van der Waals surface area contributed by atoms with Crippen molar-refractivity contribution in [3.8, 4) is 5.69 Å². The van der Waals surface area contributed by atoms with Gasteiger partial charge in [-0.05, 0) is 42.0 Å². The van der Waals surface area contributed by atoms with Gasteiger partial charge in [-0.3, -0.25) is 19.7 Å². The van der Waals surface area contributed by atoms with Crippen molar-refractivity contribution in [2.24, 2.45) is 0 Å². The first-order valence-corrected chi connectivity index (χ1v) is 13.4. The van der Waals surface area contributed by atoms with Crippen LogP contribution in [0.4, 0.5) is 10.5 Å². The third-order valence-electron chi connectivity index (χ3n) is 7.16. The Bertz CT molecular complexity index is 2170. The summed E-state index contributed by atoms with van der Waals surface area (Å²) in [6, 6.07) is 24.6. The number of aromatic amines is 1. The van der Waals surface area contributed by atoms with Crippen molar-refractivity contribution in [3.63, 3.8) is 0 Å². The number of H-pyrrole nitrogens is 1. The number of urea groups is 1. The highest BCUT2D eigenvalue weighted by Crippen LogP contribution is 2.29. The summed E-state index contributed by atoms with van der Waals surface area (Å²) in [5, 5.41) is 5.41. The molecular formula is C34H24N4O5. The fourth-order valence-electron chi connectivity index (χ4n) is 5.02. The van der Waals surface area contributed by atoms with Crippen molar-refractivity contribution < 1.29 is 14.4 Å². The van der Waals surface area contributed by atoms with Crippen LogP contribution in [-0.2, 0) is 9.59 Å². The van der Waals surface area contributed by atoms with Crippen LogP contribution < -0.4 is 21.5 Å². The lowest BCUT2D eigenvalue weighted by Crippen LogP contribution is -2.54. The Labute approximate surface area is 244 Å². The van der Waals surface area contributed by atoms with E-state index in [0.717, 1.165) is 25.6 Å². The molecule has 0 aliphatic carbocycles. The molecule has 4 amide bonds. The molecule has 6 rings (SSSR count). The summed E-state index contributed by atoms with van der Waals surface area (Å²) in [6.07, 6.45) is 7.37. The van der Waals surface area contributed by atoms with Gasteiger partial charge >= 0.3 is 11.7 Å². The number of amides is 4. The summed E-state index contributed by atoms with van der Waals surface area (Å²) in [5.74, 6) is -1.56. The maximum atomic E-state index is 13.4. The molecule has 0 unspecified atom stereocenters. The molecule has 0 spiro atoms. The lowest BCUT2D eigenvalue weighted by Gasteiger charge is -2.27. The van der Waals surface area contributed by atoms with E-state index in [0.29, 0.717) is 22.3 Å². The van der Waals surface area contributed by atoms with Gasteiger partial charge in [-0.25, -0.2) is 19.1 Å². The second-order valence-electron chi connectivity index (χ2n) is 9.91. The Balaban J connectivity index is 1.31. The molecule has 210 valence electrons. The molecular weight excluding hydrogens is 544 g/mol. The molecule has 0 atom stereocenters. The number of anilines is 1. The molecule has 1 aliphatic heterocycles. The fraction of sp³-hybridized carbons (Fsp3) is 0.0294. The molecule has 1 saturated heterocycles. The summed E-state index contributed by atoms with van der Waals surface area (Å²) in [6.45, 7) is 1.72. The highest BCUT2D eigenvalue weighted by molar-refractivity contribution is 6.38. The van der Waals surface area contributed by atoms with Crippen LogP contribution in [0.5, 0.6) is 0 Å². The van der Waals surface area contributed by atoms with Crippen LogP contribution in [0.15, 0.2) is 130 Å². The number of rotatable bonds is 5. The first-order chi connectivity index (χ1) is 20.8. The standard InChI is InChI=1S/C34H24N4O5/c1-21(16-18-24-20-35-33(42)37(31(24)40)28-14-6-10-22-8-2-4-12-25(22)28)17-19-27-30(39)36-34(43)38(32(27)41)29-15-7-11-23-9-3-5-13-26(23)29/h2-20H,1H3,(H,35,42)(H,36,39,43). The van der Waals surface area contributed by atoms with Crippen molar-refractivity contribution in [2.45, 2.75) is 6.92 Å². The highest BCUT2D eigenvalue weighted by Gasteiger charge is 2.37. The molecule has 1 aliphatic rings. The van der Waals surface area contributed by atoms with Gasteiger partial charge in [0.15, 0.2) is 0 Å². The van der Waals surface area contributed by atoms with Gasteiger partial charge in [0, 0.05) is 17.0 Å². The van der Waals surface area contributed by atoms with Crippen molar-refractivity contribution in [1.82, 2.24) is 14.9 Å². The second kappa shape index (κ2) is 11.1. The molecule has 2 heterocycles. The van der Waals surface area contributed by atoms with E-state index in [1.807, 2.05) is 48.5 Å². The molecule has 2 N–H and O–H groups in total. The maximum absolute atomic E-state index is 13.4. The zero-order valence-electron chi connectivity index (χ0n) is 22.9. The van der Waals surface area contributed by atoms with Crippen molar-refractivity contribution >= 4 is 51.2 Å². The van der Waals surface area contributed by atoms with Gasteiger partial charge in [-0.15, -0.1) is 0 Å². The van der Waals surface area contributed by atoms with Gasteiger partial charge < -0.3 is 4.98 Å². The van der Waals surface area contributed by atoms with Gasteiger partial charge in [0.25, 0.3) is 17.4 Å². The molecule has 9 nitrogen and oxygen atoms in total. The zero-order valence-corrected chi connectivity index (χ0v) is 22.9. The number of benzene rings is 4. The summed E-state index contributed by atoms with van der Waals surface area (Å²) < 4.78 is 1.09. The molecule has 0 saturated carbocycles. The number of imide groups is 2. The number of nitrogens with one attached hydrogen (secondary N) is 2.